The molecular formula is C21H23N3OS. The number of hydrogen-bond donors (Lipinski definition) is 1. The second-order valence-corrected chi connectivity index (χ2v) is 7.64. The molecule has 1 aromatic heterocycles. The first-order valence-electron chi connectivity index (χ1n) is 8.66. The van der Waals surface area contributed by atoms with Crippen molar-refractivity contribution in [1.29, 1.82) is 0 Å². The van der Waals surface area contributed by atoms with Gasteiger partial charge in [-0.25, -0.2) is 4.98 Å². The lowest BCUT2D eigenvalue weighted by Crippen LogP contribution is -2.04. The van der Waals surface area contributed by atoms with Crippen LogP contribution in [-0.2, 0) is 0 Å². The summed E-state index contributed by atoms with van der Waals surface area (Å²) in [4.78, 5) is 5.81. The molecule has 2 aromatic carbocycles. The van der Waals surface area contributed by atoms with Gasteiger partial charge in [0.2, 0.25) is 5.13 Å². The summed E-state index contributed by atoms with van der Waals surface area (Å²) in [5.41, 5.74) is 6.15. The van der Waals surface area contributed by atoms with Crippen LogP contribution in [0.4, 0.5) is 5.13 Å². The van der Waals surface area contributed by atoms with E-state index >= 15 is 0 Å². The van der Waals surface area contributed by atoms with E-state index in [-0.39, 0.29) is 0 Å². The molecule has 0 saturated carbocycles. The van der Waals surface area contributed by atoms with Crippen LogP contribution in [0, 0.1) is 12.8 Å². The van der Waals surface area contributed by atoms with Gasteiger partial charge in [-0.05, 0) is 42.7 Å². The summed E-state index contributed by atoms with van der Waals surface area (Å²) in [6, 6.07) is 18.1. The number of ether oxygens (including phenoxy) is 1. The van der Waals surface area contributed by atoms with Gasteiger partial charge in [0.1, 0.15) is 5.75 Å². The van der Waals surface area contributed by atoms with Crippen LogP contribution in [0.1, 0.15) is 24.3 Å². The molecule has 0 amide bonds. The Bertz CT molecular complexity index is 855. The molecule has 0 aliphatic carbocycles. The summed E-state index contributed by atoms with van der Waals surface area (Å²) in [6.07, 6.45) is 1.78. The number of hydrogen-bond acceptors (Lipinski definition) is 5. The van der Waals surface area contributed by atoms with E-state index in [1.807, 2.05) is 42.5 Å². The van der Waals surface area contributed by atoms with E-state index in [9.17, 15) is 0 Å². The lowest BCUT2D eigenvalue weighted by atomic mass is 10.1. The zero-order valence-electron chi connectivity index (χ0n) is 15.3. The van der Waals surface area contributed by atoms with Crippen molar-refractivity contribution in [2.45, 2.75) is 20.8 Å². The van der Waals surface area contributed by atoms with Gasteiger partial charge in [-0.15, -0.1) is 11.3 Å². The Kier molecular flexibility index (Phi) is 6.02. The minimum atomic E-state index is 0.517. The molecule has 26 heavy (non-hydrogen) atoms. The lowest BCUT2D eigenvalue weighted by Gasteiger charge is -2.08. The van der Waals surface area contributed by atoms with Crippen LogP contribution >= 0.6 is 11.3 Å². The summed E-state index contributed by atoms with van der Waals surface area (Å²) in [5, 5.41) is 5.08. The number of thiazole rings is 1. The standard InChI is InChI=1S/C21H23N3OS/c1-15(2)14-25-19-11-9-17(10-12-19)13-22-24-21-23-20(16(3)26-21)18-7-5-4-6-8-18/h4-13,15H,14H2,1-3H3,(H,23,24)/b22-13-. The molecule has 0 spiro atoms. The third kappa shape index (κ3) is 4.92. The minimum absolute atomic E-state index is 0.517. The molecule has 0 bridgehead atoms. The second-order valence-electron chi connectivity index (χ2n) is 6.43. The number of benzene rings is 2. The maximum absolute atomic E-state index is 5.69. The molecule has 1 heterocycles. The van der Waals surface area contributed by atoms with Gasteiger partial charge in [-0.2, -0.15) is 5.10 Å². The van der Waals surface area contributed by atoms with Crippen molar-refractivity contribution in [2.75, 3.05) is 12.0 Å². The highest BCUT2D eigenvalue weighted by atomic mass is 32.1. The molecule has 0 aliphatic rings. The van der Waals surface area contributed by atoms with Crippen molar-refractivity contribution in [3.05, 3.63) is 65.0 Å². The number of aromatic nitrogens is 1. The number of nitrogens with zero attached hydrogens (tertiary/aromatic N) is 2. The topological polar surface area (TPSA) is 46.5 Å². The van der Waals surface area contributed by atoms with Gasteiger partial charge < -0.3 is 4.74 Å². The number of rotatable bonds is 7. The fraction of sp³-hybridized carbons (Fsp3) is 0.238. The normalized spacial score (nSPS) is 11.2. The highest BCUT2D eigenvalue weighted by Crippen LogP contribution is 2.30. The lowest BCUT2D eigenvalue weighted by molar-refractivity contribution is 0.271. The maximum Gasteiger partial charge on any atom is 0.204 e. The fourth-order valence-electron chi connectivity index (χ4n) is 2.38. The van der Waals surface area contributed by atoms with Crippen molar-refractivity contribution in [2.24, 2.45) is 11.0 Å². The van der Waals surface area contributed by atoms with Crippen LogP contribution < -0.4 is 10.2 Å². The molecule has 0 aliphatic heterocycles. The summed E-state index contributed by atoms with van der Waals surface area (Å²) < 4.78 is 5.69. The molecule has 0 unspecified atom stereocenters. The van der Waals surface area contributed by atoms with Gasteiger partial charge in [0.15, 0.2) is 0 Å². The minimum Gasteiger partial charge on any atom is -0.493 e. The van der Waals surface area contributed by atoms with Crippen molar-refractivity contribution < 1.29 is 4.74 Å². The van der Waals surface area contributed by atoms with Crippen LogP contribution in [0.2, 0.25) is 0 Å². The van der Waals surface area contributed by atoms with E-state index in [0.29, 0.717) is 5.92 Å². The van der Waals surface area contributed by atoms with E-state index < -0.39 is 0 Å². The average molecular weight is 366 g/mol. The molecular weight excluding hydrogens is 342 g/mol. The summed E-state index contributed by atoms with van der Waals surface area (Å²) in [6.45, 7) is 7.07. The van der Waals surface area contributed by atoms with Gasteiger partial charge in [0.25, 0.3) is 0 Å². The Morgan fingerprint density at radius 1 is 1.12 bits per heavy atom. The Morgan fingerprint density at radius 3 is 2.54 bits per heavy atom. The molecule has 0 atom stereocenters. The van der Waals surface area contributed by atoms with Gasteiger partial charge >= 0.3 is 0 Å². The maximum atomic E-state index is 5.69. The Morgan fingerprint density at radius 2 is 1.85 bits per heavy atom. The third-order valence-electron chi connectivity index (χ3n) is 3.68. The Balaban J connectivity index is 1.60. The number of hydrazone groups is 1. The van der Waals surface area contributed by atoms with Gasteiger partial charge in [0, 0.05) is 10.4 Å². The predicted molar refractivity (Wildman–Crippen MR) is 110 cm³/mol. The molecule has 3 rings (SSSR count). The monoisotopic (exact) mass is 365 g/mol. The zero-order chi connectivity index (χ0) is 18.4. The summed E-state index contributed by atoms with van der Waals surface area (Å²) in [7, 11) is 0. The Hall–Kier alpha value is -2.66. The molecule has 134 valence electrons. The van der Waals surface area contributed by atoms with Crippen LogP contribution in [0.25, 0.3) is 11.3 Å². The molecule has 0 radical (unpaired) electrons. The van der Waals surface area contributed by atoms with Crippen molar-refractivity contribution in [3.8, 4) is 17.0 Å². The first-order chi connectivity index (χ1) is 12.6. The van der Waals surface area contributed by atoms with Crippen LogP contribution in [0.3, 0.4) is 0 Å². The molecule has 4 nitrogen and oxygen atoms in total. The van der Waals surface area contributed by atoms with Gasteiger partial charge in [0.05, 0.1) is 18.5 Å². The summed E-state index contributed by atoms with van der Waals surface area (Å²) in [5.74, 6) is 1.40. The van der Waals surface area contributed by atoms with E-state index in [1.54, 1.807) is 17.6 Å². The van der Waals surface area contributed by atoms with Crippen molar-refractivity contribution in [3.63, 3.8) is 0 Å². The van der Waals surface area contributed by atoms with Crippen LogP contribution in [-0.4, -0.2) is 17.8 Å². The molecule has 5 heteroatoms. The van der Waals surface area contributed by atoms with E-state index in [1.165, 1.54) is 4.88 Å². The van der Waals surface area contributed by atoms with E-state index in [4.69, 9.17) is 4.74 Å². The van der Waals surface area contributed by atoms with E-state index in [2.05, 4.69) is 48.4 Å². The number of nitrogens with one attached hydrogen (secondary N) is 1. The molecule has 1 N–H and O–H groups in total. The highest BCUT2D eigenvalue weighted by molar-refractivity contribution is 7.15. The number of anilines is 1. The SMILES string of the molecule is Cc1sc(N/N=C\c2ccc(OCC(C)C)cc2)nc1-c1ccccc1. The predicted octanol–water partition coefficient (Wildman–Crippen LogP) is 5.60. The molecule has 3 aromatic rings. The Labute approximate surface area is 158 Å². The first-order valence-corrected chi connectivity index (χ1v) is 9.48. The molecule has 0 saturated heterocycles. The largest absolute Gasteiger partial charge is 0.493 e. The fourth-order valence-corrected chi connectivity index (χ4v) is 3.17. The molecule has 0 fully saturated rings. The smallest absolute Gasteiger partial charge is 0.204 e. The van der Waals surface area contributed by atoms with Gasteiger partial charge in [-0.1, -0.05) is 44.2 Å². The van der Waals surface area contributed by atoms with Crippen LogP contribution in [0.15, 0.2) is 59.7 Å². The summed E-state index contributed by atoms with van der Waals surface area (Å²) >= 11 is 1.60. The second kappa shape index (κ2) is 8.63. The average Bonchev–Trinajstić information content (AvgIpc) is 3.02. The quantitative estimate of drug-likeness (QED) is 0.438. The van der Waals surface area contributed by atoms with E-state index in [0.717, 1.165) is 34.3 Å². The zero-order valence-corrected chi connectivity index (χ0v) is 16.1. The van der Waals surface area contributed by atoms with Gasteiger partial charge in [-0.3, -0.25) is 5.43 Å². The van der Waals surface area contributed by atoms with Crippen LogP contribution in [0.5, 0.6) is 5.75 Å². The third-order valence-corrected chi connectivity index (χ3v) is 4.56. The highest BCUT2D eigenvalue weighted by Gasteiger charge is 2.08. The number of aryl methyl sites for hydroxylation is 1. The van der Waals surface area contributed by atoms with Crippen molar-refractivity contribution in [1.82, 2.24) is 4.98 Å². The van der Waals surface area contributed by atoms with Crippen molar-refractivity contribution >= 4 is 22.7 Å². The first kappa shape index (κ1) is 18.1.